The molecule has 2 atom stereocenters. The van der Waals surface area contributed by atoms with Crippen LogP contribution in [-0.4, -0.2) is 20.1 Å². The molecule has 2 unspecified atom stereocenters. The number of rotatable bonds is 4. The summed E-state index contributed by atoms with van der Waals surface area (Å²) in [7, 11) is 1.93. The van der Waals surface area contributed by atoms with Gasteiger partial charge in [0.25, 0.3) is 0 Å². The SMILES string of the molecule is CNC(C)c1cc(F)ccc1N1CCCC(C(C)C)CC1. The van der Waals surface area contributed by atoms with Gasteiger partial charge in [0.15, 0.2) is 0 Å². The normalized spacial score (nSPS) is 21.4. The summed E-state index contributed by atoms with van der Waals surface area (Å²) in [6.45, 7) is 8.91. The maximum Gasteiger partial charge on any atom is 0.123 e. The first kappa shape index (κ1) is 16.3. The zero-order valence-corrected chi connectivity index (χ0v) is 13.8. The molecule has 0 spiro atoms. The second kappa shape index (κ2) is 7.26. The van der Waals surface area contributed by atoms with Crippen molar-refractivity contribution in [1.29, 1.82) is 0 Å². The predicted octanol–water partition coefficient (Wildman–Crippen LogP) is 4.37. The van der Waals surface area contributed by atoms with Crippen molar-refractivity contribution < 1.29 is 4.39 Å². The molecule has 0 amide bonds. The molecule has 1 aromatic rings. The monoisotopic (exact) mass is 292 g/mol. The van der Waals surface area contributed by atoms with Gasteiger partial charge >= 0.3 is 0 Å². The van der Waals surface area contributed by atoms with Crippen molar-refractivity contribution in [3.63, 3.8) is 0 Å². The van der Waals surface area contributed by atoms with E-state index in [-0.39, 0.29) is 11.9 Å². The minimum atomic E-state index is -0.147. The van der Waals surface area contributed by atoms with Gasteiger partial charge in [-0.2, -0.15) is 0 Å². The lowest BCUT2D eigenvalue weighted by molar-refractivity contribution is 0.351. The van der Waals surface area contributed by atoms with Crippen molar-refractivity contribution >= 4 is 5.69 Å². The van der Waals surface area contributed by atoms with Crippen molar-refractivity contribution in [1.82, 2.24) is 5.32 Å². The van der Waals surface area contributed by atoms with E-state index in [9.17, 15) is 4.39 Å². The lowest BCUT2D eigenvalue weighted by Gasteiger charge is -2.28. The quantitative estimate of drug-likeness (QED) is 0.886. The average Bonchev–Trinajstić information content (AvgIpc) is 2.72. The van der Waals surface area contributed by atoms with Crippen molar-refractivity contribution in [2.75, 3.05) is 25.0 Å². The number of hydrogen-bond acceptors (Lipinski definition) is 2. The van der Waals surface area contributed by atoms with Gasteiger partial charge in [0.1, 0.15) is 5.82 Å². The number of anilines is 1. The fourth-order valence-electron chi connectivity index (χ4n) is 3.35. The van der Waals surface area contributed by atoms with Gasteiger partial charge in [-0.05, 0) is 68.8 Å². The summed E-state index contributed by atoms with van der Waals surface area (Å²) in [4.78, 5) is 2.45. The van der Waals surface area contributed by atoms with Crippen LogP contribution in [0.5, 0.6) is 0 Å². The topological polar surface area (TPSA) is 15.3 Å². The zero-order valence-electron chi connectivity index (χ0n) is 13.8. The molecule has 0 aliphatic carbocycles. The van der Waals surface area contributed by atoms with Crippen LogP contribution < -0.4 is 10.2 Å². The predicted molar refractivity (Wildman–Crippen MR) is 88.3 cm³/mol. The van der Waals surface area contributed by atoms with Crippen LogP contribution in [0.25, 0.3) is 0 Å². The molecular formula is C18H29FN2. The first-order valence-corrected chi connectivity index (χ1v) is 8.24. The van der Waals surface area contributed by atoms with E-state index >= 15 is 0 Å². The van der Waals surface area contributed by atoms with E-state index in [1.165, 1.54) is 24.9 Å². The molecule has 1 aliphatic rings. The minimum Gasteiger partial charge on any atom is -0.371 e. The summed E-state index contributed by atoms with van der Waals surface area (Å²) in [5.41, 5.74) is 2.27. The number of halogens is 1. The molecule has 118 valence electrons. The van der Waals surface area contributed by atoms with Gasteiger partial charge in [0.05, 0.1) is 0 Å². The van der Waals surface area contributed by atoms with E-state index in [0.717, 1.165) is 30.5 Å². The fourth-order valence-corrected chi connectivity index (χ4v) is 3.35. The summed E-state index contributed by atoms with van der Waals surface area (Å²) in [5, 5.41) is 3.24. The Morgan fingerprint density at radius 1 is 1.19 bits per heavy atom. The Kier molecular flexibility index (Phi) is 5.63. The molecule has 1 N–H and O–H groups in total. The van der Waals surface area contributed by atoms with Crippen LogP contribution in [0.3, 0.4) is 0 Å². The molecule has 1 heterocycles. The molecule has 1 fully saturated rings. The summed E-state index contributed by atoms with van der Waals surface area (Å²) in [5.74, 6) is 1.43. The maximum absolute atomic E-state index is 13.6. The van der Waals surface area contributed by atoms with Gasteiger partial charge in [0.2, 0.25) is 0 Å². The maximum atomic E-state index is 13.6. The van der Waals surface area contributed by atoms with E-state index in [1.54, 1.807) is 12.1 Å². The molecular weight excluding hydrogens is 263 g/mol. The summed E-state index contributed by atoms with van der Waals surface area (Å²) >= 11 is 0. The van der Waals surface area contributed by atoms with E-state index in [0.29, 0.717) is 0 Å². The van der Waals surface area contributed by atoms with Gasteiger partial charge in [0, 0.05) is 24.8 Å². The molecule has 0 aromatic heterocycles. The second-order valence-electron chi connectivity index (χ2n) is 6.64. The van der Waals surface area contributed by atoms with Crippen LogP contribution in [0, 0.1) is 17.7 Å². The van der Waals surface area contributed by atoms with Gasteiger partial charge in [-0.1, -0.05) is 13.8 Å². The first-order chi connectivity index (χ1) is 10.0. The third-order valence-electron chi connectivity index (χ3n) is 4.95. The van der Waals surface area contributed by atoms with Gasteiger partial charge in [-0.3, -0.25) is 0 Å². The highest BCUT2D eigenvalue weighted by Crippen LogP contribution is 2.31. The third-order valence-corrected chi connectivity index (χ3v) is 4.95. The molecule has 0 radical (unpaired) electrons. The van der Waals surface area contributed by atoms with Crippen LogP contribution >= 0.6 is 0 Å². The summed E-state index contributed by atoms with van der Waals surface area (Å²) in [6, 6.07) is 5.39. The highest BCUT2D eigenvalue weighted by Gasteiger charge is 2.22. The highest BCUT2D eigenvalue weighted by molar-refractivity contribution is 5.55. The van der Waals surface area contributed by atoms with E-state index < -0.39 is 0 Å². The van der Waals surface area contributed by atoms with Crippen molar-refractivity contribution in [2.45, 2.75) is 46.1 Å². The van der Waals surface area contributed by atoms with E-state index in [1.807, 2.05) is 13.1 Å². The van der Waals surface area contributed by atoms with Crippen molar-refractivity contribution in [3.8, 4) is 0 Å². The Morgan fingerprint density at radius 2 is 1.95 bits per heavy atom. The Balaban J connectivity index is 2.21. The zero-order chi connectivity index (χ0) is 15.4. The van der Waals surface area contributed by atoms with Gasteiger partial charge < -0.3 is 10.2 Å². The fraction of sp³-hybridized carbons (Fsp3) is 0.667. The molecule has 0 bridgehead atoms. The molecule has 3 heteroatoms. The second-order valence-corrected chi connectivity index (χ2v) is 6.64. The minimum absolute atomic E-state index is 0.147. The standard InChI is InChI=1S/C18H29FN2/c1-13(2)15-6-5-10-21(11-9-15)18-8-7-16(19)12-17(18)14(3)20-4/h7-8,12-15,20H,5-6,9-11H2,1-4H3. The van der Waals surface area contributed by atoms with Crippen LogP contribution in [0.4, 0.5) is 10.1 Å². The molecule has 2 rings (SSSR count). The molecule has 0 saturated carbocycles. The first-order valence-electron chi connectivity index (χ1n) is 8.24. The van der Waals surface area contributed by atoms with E-state index in [2.05, 4.69) is 31.0 Å². The molecule has 1 aromatic carbocycles. The van der Waals surface area contributed by atoms with E-state index in [4.69, 9.17) is 0 Å². The lowest BCUT2D eigenvalue weighted by atomic mass is 9.89. The molecule has 1 saturated heterocycles. The Bertz CT molecular complexity index is 459. The third kappa shape index (κ3) is 3.97. The van der Waals surface area contributed by atoms with Crippen LogP contribution in [0.15, 0.2) is 18.2 Å². The Morgan fingerprint density at radius 3 is 2.62 bits per heavy atom. The largest absolute Gasteiger partial charge is 0.371 e. The van der Waals surface area contributed by atoms with Crippen molar-refractivity contribution in [2.24, 2.45) is 11.8 Å². The molecule has 2 nitrogen and oxygen atoms in total. The van der Waals surface area contributed by atoms with Crippen LogP contribution in [-0.2, 0) is 0 Å². The number of nitrogens with zero attached hydrogens (tertiary/aromatic N) is 1. The lowest BCUT2D eigenvalue weighted by Crippen LogP contribution is -2.27. The van der Waals surface area contributed by atoms with Crippen molar-refractivity contribution in [3.05, 3.63) is 29.6 Å². The summed E-state index contributed by atoms with van der Waals surface area (Å²) in [6.07, 6.45) is 3.78. The van der Waals surface area contributed by atoms with Crippen LogP contribution in [0.2, 0.25) is 0 Å². The van der Waals surface area contributed by atoms with Gasteiger partial charge in [-0.15, -0.1) is 0 Å². The molecule has 21 heavy (non-hydrogen) atoms. The number of benzene rings is 1. The smallest absolute Gasteiger partial charge is 0.123 e. The Labute approximate surface area is 128 Å². The number of hydrogen-bond donors (Lipinski definition) is 1. The molecule has 1 aliphatic heterocycles. The summed E-state index contributed by atoms with van der Waals surface area (Å²) < 4.78 is 13.6. The highest BCUT2D eigenvalue weighted by atomic mass is 19.1. The van der Waals surface area contributed by atoms with Crippen LogP contribution in [0.1, 0.15) is 51.6 Å². The average molecular weight is 292 g/mol. The Hall–Kier alpha value is -1.09. The van der Waals surface area contributed by atoms with Gasteiger partial charge in [-0.25, -0.2) is 4.39 Å². The number of nitrogens with one attached hydrogen (secondary N) is 1.